The van der Waals surface area contributed by atoms with Gasteiger partial charge in [0, 0.05) is 22.1 Å². The van der Waals surface area contributed by atoms with Crippen LogP contribution in [-0.4, -0.2) is 23.2 Å². The zero-order valence-corrected chi connectivity index (χ0v) is 16.1. The van der Waals surface area contributed by atoms with E-state index in [0.717, 1.165) is 26.2 Å². The molecule has 0 atom stereocenters. The molecular formula is C19H17NO2S3. The number of aryl methyl sites for hydroxylation is 1. The number of carbonyl (C=O) groups is 2. The molecule has 1 N–H and O–H groups in total. The summed E-state index contributed by atoms with van der Waals surface area (Å²) in [5.74, 6) is 1.24. The summed E-state index contributed by atoms with van der Waals surface area (Å²) in [5.41, 5.74) is 2.05. The Balaban J connectivity index is 1.82. The Morgan fingerprint density at radius 2 is 1.80 bits per heavy atom. The third kappa shape index (κ3) is 4.87. The molecule has 0 spiro atoms. The van der Waals surface area contributed by atoms with Crippen LogP contribution in [-0.2, 0) is 9.59 Å². The second-order valence-electron chi connectivity index (χ2n) is 5.39. The van der Waals surface area contributed by atoms with Crippen LogP contribution in [0.3, 0.4) is 0 Å². The van der Waals surface area contributed by atoms with E-state index in [9.17, 15) is 9.59 Å². The number of benzene rings is 1. The first-order chi connectivity index (χ1) is 12.1. The number of ketones is 1. The Labute approximate surface area is 159 Å². The lowest BCUT2D eigenvalue weighted by atomic mass is 10.1. The smallest absolute Gasteiger partial charge is 0.261 e. The zero-order chi connectivity index (χ0) is 17.6. The van der Waals surface area contributed by atoms with Crippen LogP contribution < -0.4 is 5.32 Å². The van der Waals surface area contributed by atoms with Crippen molar-refractivity contribution in [2.75, 3.05) is 16.8 Å². The molecule has 1 amide bonds. The van der Waals surface area contributed by atoms with E-state index in [2.05, 4.69) is 5.32 Å². The van der Waals surface area contributed by atoms with Crippen molar-refractivity contribution in [1.29, 1.82) is 0 Å². The minimum Gasteiger partial charge on any atom is -0.322 e. The van der Waals surface area contributed by atoms with E-state index in [0.29, 0.717) is 5.69 Å². The van der Waals surface area contributed by atoms with Gasteiger partial charge in [0.2, 0.25) is 0 Å². The average Bonchev–Trinajstić information content (AvgIpc) is 3.29. The molecule has 128 valence electrons. The third-order valence-electron chi connectivity index (χ3n) is 3.48. The summed E-state index contributed by atoms with van der Waals surface area (Å²) in [6.45, 7) is 1.99. The minimum absolute atomic E-state index is 0.237. The molecule has 1 aromatic carbocycles. The van der Waals surface area contributed by atoms with Crippen molar-refractivity contribution in [3.05, 3.63) is 68.1 Å². The predicted molar refractivity (Wildman–Crippen MR) is 110 cm³/mol. The summed E-state index contributed by atoms with van der Waals surface area (Å²) in [4.78, 5) is 26.4. The van der Waals surface area contributed by atoms with Gasteiger partial charge in [-0.05, 0) is 42.7 Å². The topological polar surface area (TPSA) is 46.2 Å². The second-order valence-corrected chi connectivity index (χ2v) is 8.84. The molecule has 25 heavy (non-hydrogen) atoms. The molecule has 0 unspecified atom stereocenters. The van der Waals surface area contributed by atoms with Gasteiger partial charge in [0.05, 0.1) is 4.24 Å². The fourth-order valence-electron chi connectivity index (χ4n) is 2.22. The van der Waals surface area contributed by atoms with Crippen molar-refractivity contribution >= 4 is 58.3 Å². The van der Waals surface area contributed by atoms with E-state index >= 15 is 0 Å². The maximum absolute atomic E-state index is 12.7. The highest BCUT2D eigenvalue weighted by atomic mass is 32.2. The number of hydrogen-bond donors (Lipinski definition) is 1. The number of anilines is 1. The van der Waals surface area contributed by atoms with Crippen molar-refractivity contribution < 1.29 is 9.59 Å². The first-order valence-corrected chi connectivity index (χ1v) is 10.6. The lowest BCUT2D eigenvalue weighted by Gasteiger charge is -2.09. The van der Waals surface area contributed by atoms with E-state index < -0.39 is 0 Å². The van der Waals surface area contributed by atoms with Crippen molar-refractivity contribution in [1.82, 2.24) is 0 Å². The van der Waals surface area contributed by atoms with E-state index in [1.165, 1.54) is 6.08 Å². The summed E-state index contributed by atoms with van der Waals surface area (Å²) in [5, 5.41) is 4.80. The van der Waals surface area contributed by atoms with Gasteiger partial charge in [-0.1, -0.05) is 23.8 Å². The molecule has 3 rings (SSSR count). The summed E-state index contributed by atoms with van der Waals surface area (Å²) >= 11 is 4.70. The molecule has 1 aromatic heterocycles. The van der Waals surface area contributed by atoms with Gasteiger partial charge in [0.1, 0.15) is 5.57 Å². The molecule has 1 saturated heterocycles. The first-order valence-electron chi connectivity index (χ1n) is 7.77. The van der Waals surface area contributed by atoms with Crippen LogP contribution in [0.25, 0.3) is 6.08 Å². The van der Waals surface area contributed by atoms with Gasteiger partial charge in [-0.25, -0.2) is 0 Å². The molecule has 2 aromatic rings. The number of rotatable bonds is 5. The molecule has 2 heterocycles. The van der Waals surface area contributed by atoms with Crippen LogP contribution in [0.2, 0.25) is 0 Å². The van der Waals surface area contributed by atoms with Crippen LogP contribution in [0.15, 0.2) is 57.7 Å². The molecule has 1 aliphatic heterocycles. The van der Waals surface area contributed by atoms with E-state index in [-0.39, 0.29) is 17.3 Å². The Kier molecular flexibility index (Phi) is 6.18. The van der Waals surface area contributed by atoms with E-state index in [1.54, 1.807) is 40.9 Å². The average molecular weight is 388 g/mol. The molecule has 0 radical (unpaired) electrons. The number of carbonyl (C=O) groups excluding carboxylic acids is 2. The van der Waals surface area contributed by atoms with E-state index in [1.807, 2.05) is 48.7 Å². The van der Waals surface area contributed by atoms with Crippen molar-refractivity contribution in [3.8, 4) is 0 Å². The molecule has 1 fully saturated rings. The molecule has 6 heteroatoms. The van der Waals surface area contributed by atoms with Gasteiger partial charge in [-0.2, -0.15) is 0 Å². The maximum Gasteiger partial charge on any atom is 0.261 e. The SMILES string of the molecule is Cc1ccc(NC(=O)C(C(=O)/C=C/c2cccs2)=C2SCCS2)cc1. The monoisotopic (exact) mass is 387 g/mol. The number of thioether (sulfide) groups is 2. The van der Waals surface area contributed by atoms with Crippen molar-refractivity contribution in [3.63, 3.8) is 0 Å². The highest BCUT2D eigenvalue weighted by Gasteiger charge is 2.25. The minimum atomic E-state index is -0.346. The molecule has 0 aliphatic carbocycles. The molecule has 1 aliphatic rings. The van der Waals surface area contributed by atoms with Crippen LogP contribution in [0.1, 0.15) is 10.4 Å². The van der Waals surface area contributed by atoms with Gasteiger partial charge in [-0.3, -0.25) is 9.59 Å². The summed E-state index contributed by atoms with van der Waals surface area (Å²) in [6, 6.07) is 11.4. The lowest BCUT2D eigenvalue weighted by molar-refractivity contribution is -0.117. The van der Waals surface area contributed by atoms with Gasteiger partial charge in [0.15, 0.2) is 5.78 Å². The molecule has 0 bridgehead atoms. The normalized spacial score (nSPS) is 14.0. The fourth-order valence-corrected chi connectivity index (χ4v) is 5.38. The summed E-state index contributed by atoms with van der Waals surface area (Å²) in [7, 11) is 0. The number of hydrogen-bond acceptors (Lipinski definition) is 5. The predicted octanol–water partition coefficient (Wildman–Crippen LogP) is 4.97. The van der Waals surface area contributed by atoms with Gasteiger partial charge >= 0.3 is 0 Å². The number of nitrogens with one attached hydrogen (secondary N) is 1. The van der Waals surface area contributed by atoms with E-state index in [4.69, 9.17) is 0 Å². The Bertz CT molecular complexity index is 813. The Morgan fingerprint density at radius 3 is 2.44 bits per heavy atom. The Morgan fingerprint density at radius 1 is 1.08 bits per heavy atom. The van der Waals surface area contributed by atoms with Crippen molar-refractivity contribution in [2.45, 2.75) is 6.92 Å². The standard InChI is InChI=1S/C19H17NO2S3/c1-13-4-6-14(7-5-13)20-18(22)17(19-24-11-12-25-19)16(21)9-8-15-3-2-10-23-15/h2-10H,11-12H2,1H3,(H,20,22)/b9-8+. The van der Waals surface area contributed by atoms with Crippen LogP contribution in [0.4, 0.5) is 5.69 Å². The number of allylic oxidation sites excluding steroid dienone is 1. The largest absolute Gasteiger partial charge is 0.322 e. The second kappa shape index (κ2) is 8.56. The summed E-state index contributed by atoms with van der Waals surface area (Å²) in [6.07, 6.45) is 3.25. The number of amides is 1. The summed E-state index contributed by atoms with van der Waals surface area (Å²) < 4.78 is 0.811. The maximum atomic E-state index is 12.7. The Hall–Kier alpha value is -1.76. The highest BCUT2D eigenvalue weighted by molar-refractivity contribution is 8.25. The van der Waals surface area contributed by atoms with Gasteiger partial charge in [-0.15, -0.1) is 34.9 Å². The number of thiophene rings is 1. The van der Waals surface area contributed by atoms with Crippen LogP contribution in [0, 0.1) is 6.92 Å². The van der Waals surface area contributed by atoms with Gasteiger partial charge in [0.25, 0.3) is 5.91 Å². The third-order valence-corrected chi connectivity index (χ3v) is 7.03. The van der Waals surface area contributed by atoms with Crippen LogP contribution in [0.5, 0.6) is 0 Å². The zero-order valence-electron chi connectivity index (χ0n) is 13.7. The first kappa shape index (κ1) is 18.0. The quantitative estimate of drug-likeness (QED) is 0.447. The van der Waals surface area contributed by atoms with Gasteiger partial charge < -0.3 is 5.32 Å². The lowest BCUT2D eigenvalue weighted by Crippen LogP contribution is -2.20. The molecular weight excluding hydrogens is 370 g/mol. The molecule has 3 nitrogen and oxygen atoms in total. The van der Waals surface area contributed by atoms with Crippen LogP contribution >= 0.6 is 34.9 Å². The fraction of sp³-hybridized carbons (Fsp3) is 0.158. The van der Waals surface area contributed by atoms with Crippen molar-refractivity contribution in [2.24, 2.45) is 0 Å². The molecule has 0 saturated carbocycles. The highest BCUT2D eigenvalue weighted by Crippen LogP contribution is 2.39.